The Morgan fingerprint density at radius 3 is 2.65 bits per heavy atom. The molecule has 0 aliphatic heterocycles. The van der Waals surface area contributed by atoms with Crippen LogP contribution < -0.4 is 10.6 Å². The Balaban J connectivity index is 1.25. The Morgan fingerprint density at radius 1 is 1.13 bits per heavy atom. The molecule has 0 aliphatic carbocycles. The van der Waals surface area contributed by atoms with Crippen molar-refractivity contribution in [1.82, 2.24) is 25.1 Å². The van der Waals surface area contributed by atoms with Gasteiger partial charge >= 0.3 is 6.03 Å². The summed E-state index contributed by atoms with van der Waals surface area (Å²) in [6.45, 7) is 2.78. The van der Waals surface area contributed by atoms with Gasteiger partial charge in [0.2, 0.25) is 0 Å². The van der Waals surface area contributed by atoms with Crippen LogP contribution in [-0.2, 0) is 19.5 Å². The van der Waals surface area contributed by atoms with Crippen LogP contribution in [0.15, 0.2) is 61.3 Å². The van der Waals surface area contributed by atoms with E-state index in [1.165, 1.54) is 23.7 Å². The van der Waals surface area contributed by atoms with E-state index in [9.17, 15) is 9.18 Å². The SMILES string of the molecule is Cc1ccc(Cc2cnc(NC(=O)NCc3ccc(Cn4cncn4)cc3)s2)cc1F. The van der Waals surface area contributed by atoms with Gasteiger partial charge in [0.25, 0.3) is 0 Å². The second-order valence-corrected chi connectivity index (χ2v) is 8.22. The van der Waals surface area contributed by atoms with Gasteiger partial charge in [-0.1, -0.05) is 36.4 Å². The number of aryl methyl sites for hydroxylation is 1. The van der Waals surface area contributed by atoms with Gasteiger partial charge in [-0.2, -0.15) is 5.10 Å². The monoisotopic (exact) mass is 436 g/mol. The van der Waals surface area contributed by atoms with E-state index in [0.717, 1.165) is 21.6 Å². The van der Waals surface area contributed by atoms with Crippen molar-refractivity contribution in [2.75, 3.05) is 5.32 Å². The third-order valence-electron chi connectivity index (χ3n) is 4.68. The van der Waals surface area contributed by atoms with E-state index >= 15 is 0 Å². The fourth-order valence-electron chi connectivity index (χ4n) is 2.98. The van der Waals surface area contributed by atoms with Crippen LogP contribution in [0.3, 0.4) is 0 Å². The summed E-state index contributed by atoms with van der Waals surface area (Å²) >= 11 is 1.37. The highest BCUT2D eigenvalue weighted by atomic mass is 32.1. The Kier molecular flexibility index (Phi) is 6.32. The summed E-state index contributed by atoms with van der Waals surface area (Å²) in [7, 11) is 0. The first kappa shape index (κ1) is 20.7. The second kappa shape index (κ2) is 9.48. The number of anilines is 1. The molecular weight excluding hydrogens is 415 g/mol. The molecule has 0 spiro atoms. The number of thiazole rings is 1. The third kappa shape index (κ3) is 5.73. The second-order valence-electron chi connectivity index (χ2n) is 7.11. The molecule has 2 amide bonds. The minimum atomic E-state index is -0.325. The quantitative estimate of drug-likeness (QED) is 0.456. The molecule has 2 aromatic heterocycles. The largest absolute Gasteiger partial charge is 0.334 e. The third-order valence-corrected chi connectivity index (χ3v) is 5.59. The zero-order chi connectivity index (χ0) is 21.6. The number of carbonyl (C=O) groups is 1. The molecule has 0 bridgehead atoms. The number of hydrogen-bond acceptors (Lipinski definition) is 5. The summed E-state index contributed by atoms with van der Waals surface area (Å²) in [6, 6.07) is 12.8. The topological polar surface area (TPSA) is 84.7 Å². The molecule has 0 atom stereocenters. The summed E-state index contributed by atoms with van der Waals surface area (Å²) < 4.78 is 15.5. The predicted octanol–water partition coefficient (Wildman–Crippen LogP) is 4.14. The number of benzene rings is 2. The maximum atomic E-state index is 13.7. The van der Waals surface area contributed by atoms with E-state index in [4.69, 9.17) is 0 Å². The number of carbonyl (C=O) groups excluding carboxylic acids is 1. The summed E-state index contributed by atoms with van der Waals surface area (Å²) in [5.74, 6) is -0.217. The van der Waals surface area contributed by atoms with Crippen LogP contribution in [0.25, 0.3) is 0 Å². The number of aromatic nitrogens is 4. The average molecular weight is 437 g/mol. The van der Waals surface area contributed by atoms with Crippen molar-refractivity contribution < 1.29 is 9.18 Å². The van der Waals surface area contributed by atoms with Gasteiger partial charge in [-0.15, -0.1) is 11.3 Å². The highest BCUT2D eigenvalue weighted by Gasteiger charge is 2.08. The number of amides is 2. The molecule has 2 aromatic carbocycles. The van der Waals surface area contributed by atoms with Crippen molar-refractivity contribution in [2.45, 2.75) is 26.4 Å². The van der Waals surface area contributed by atoms with E-state index in [-0.39, 0.29) is 11.8 Å². The molecule has 31 heavy (non-hydrogen) atoms. The lowest BCUT2D eigenvalue weighted by Gasteiger charge is -2.07. The van der Waals surface area contributed by atoms with E-state index < -0.39 is 0 Å². The lowest BCUT2D eigenvalue weighted by molar-refractivity contribution is 0.251. The van der Waals surface area contributed by atoms with Gasteiger partial charge in [0.15, 0.2) is 5.13 Å². The Morgan fingerprint density at radius 2 is 1.90 bits per heavy atom. The zero-order valence-electron chi connectivity index (χ0n) is 16.9. The molecule has 0 saturated heterocycles. The molecule has 0 saturated carbocycles. The van der Waals surface area contributed by atoms with Crippen molar-refractivity contribution in [2.24, 2.45) is 0 Å². The minimum Gasteiger partial charge on any atom is -0.334 e. The molecule has 9 heteroatoms. The first-order chi connectivity index (χ1) is 15.0. The maximum Gasteiger partial charge on any atom is 0.321 e. The van der Waals surface area contributed by atoms with Gasteiger partial charge in [-0.25, -0.2) is 23.8 Å². The van der Waals surface area contributed by atoms with Crippen LogP contribution in [0.5, 0.6) is 0 Å². The fourth-order valence-corrected chi connectivity index (χ4v) is 3.82. The highest BCUT2D eigenvalue weighted by molar-refractivity contribution is 7.15. The first-order valence-corrected chi connectivity index (χ1v) is 10.5. The number of halogens is 1. The van der Waals surface area contributed by atoms with E-state index in [1.807, 2.05) is 30.3 Å². The maximum absolute atomic E-state index is 13.7. The minimum absolute atomic E-state index is 0.217. The number of rotatable bonds is 7. The van der Waals surface area contributed by atoms with Crippen molar-refractivity contribution in [3.8, 4) is 0 Å². The summed E-state index contributed by atoms with van der Waals surface area (Å²) in [6.07, 6.45) is 5.44. The van der Waals surface area contributed by atoms with Crippen LogP contribution in [0.4, 0.5) is 14.3 Å². The molecule has 0 unspecified atom stereocenters. The van der Waals surface area contributed by atoms with E-state index in [0.29, 0.717) is 30.2 Å². The van der Waals surface area contributed by atoms with Gasteiger partial charge in [-0.3, -0.25) is 5.32 Å². The van der Waals surface area contributed by atoms with Crippen molar-refractivity contribution in [3.05, 3.63) is 94.3 Å². The first-order valence-electron chi connectivity index (χ1n) is 9.70. The average Bonchev–Trinajstić information content (AvgIpc) is 3.42. The van der Waals surface area contributed by atoms with Gasteiger partial charge in [0.1, 0.15) is 18.5 Å². The Bertz CT molecular complexity index is 1160. The molecule has 4 aromatic rings. The van der Waals surface area contributed by atoms with Gasteiger partial charge in [0, 0.05) is 24.0 Å². The summed E-state index contributed by atoms with van der Waals surface area (Å²) in [4.78, 5) is 21.3. The van der Waals surface area contributed by atoms with Crippen LogP contribution >= 0.6 is 11.3 Å². The molecule has 0 fully saturated rings. The lowest BCUT2D eigenvalue weighted by Crippen LogP contribution is -2.28. The molecule has 0 radical (unpaired) electrons. The molecule has 2 heterocycles. The van der Waals surface area contributed by atoms with Gasteiger partial charge < -0.3 is 5.32 Å². The van der Waals surface area contributed by atoms with Gasteiger partial charge in [-0.05, 0) is 35.2 Å². The molecule has 4 rings (SSSR count). The number of hydrogen-bond donors (Lipinski definition) is 2. The van der Waals surface area contributed by atoms with Crippen molar-refractivity contribution >= 4 is 22.5 Å². The van der Waals surface area contributed by atoms with Crippen LogP contribution in [0, 0.1) is 12.7 Å². The van der Waals surface area contributed by atoms with Gasteiger partial charge in [0.05, 0.1) is 6.54 Å². The molecule has 0 aliphatic rings. The molecule has 7 nitrogen and oxygen atoms in total. The number of nitrogens with zero attached hydrogens (tertiary/aromatic N) is 4. The van der Waals surface area contributed by atoms with Crippen molar-refractivity contribution in [3.63, 3.8) is 0 Å². The van der Waals surface area contributed by atoms with Crippen LogP contribution in [0.1, 0.15) is 27.1 Å². The molecule has 2 N–H and O–H groups in total. The molecule has 158 valence electrons. The fraction of sp³-hybridized carbons (Fsp3) is 0.182. The lowest BCUT2D eigenvalue weighted by atomic mass is 10.1. The smallest absolute Gasteiger partial charge is 0.321 e. The Hall–Kier alpha value is -3.59. The van der Waals surface area contributed by atoms with Crippen LogP contribution in [0.2, 0.25) is 0 Å². The van der Waals surface area contributed by atoms with E-state index in [1.54, 1.807) is 30.2 Å². The number of urea groups is 1. The number of nitrogens with one attached hydrogen (secondary N) is 2. The standard InChI is InChI=1S/C22H21FN6OS/c1-15-2-3-18(9-20(15)23)8-19-11-26-22(31-19)28-21(30)25-10-16-4-6-17(7-5-16)12-29-14-24-13-27-29/h2-7,9,11,13-14H,8,10,12H2,1H3,(H2,25,26,28,30). The predicted molar refractivity (Wildman–Crippen MR) is 117 cm³/mol. The highest BCUT2D eigenvalue weighted by Crippen LogP contribution is 2.22. The van der Waals surface area contributed by atoms with Crippen molar-refractivity contribution in [1.29, 1.82) is 0 Å². The zero-order valence-corrected chi connectivity index (χ0v) is 17.7. The van der Waals surface area contributed by atoms with E-state index in [2.05, 4.69) is 25.7 Å². The molecular formula is C22H21FN6OS. The summed E-state index contributed by atoms with van der Waals surface area (Å²) in [5.41, 5.74) is 3.58. The van der Waals surface area contributed by atoms with Crippen LogP contribution in [-0.4, -0.2) is 25.8 Å². The normalized spacial score (nSPS) is 10.8. The summed E-state index contributed by atoms with van der Waals surface area (Å²) in [5, 5.41) is 10.2. The Labute approximate surface area is 183 Å².